The number of pyridine rings is 6. The van der Waals surface area contributed by atoms with Crippen LogP contribution in [0.15, 0.2) is 55.0 Å². The van der Waals surface area contributed by atoms with Crippen LogP contribution in [-0.2, 0) is 0 Å². The van der Waals surface area contributed by atoms with E-state index in [1.165, 1.54) is 18.2 Å². The Balaban J connectivity index is 0.000000321. The number of nitrogens with zero attached hydrogens (tertiary/aromatic N) is 6. The maximum Gasteiger partial charge on any atom is 0.355 e. The molecular weight excluding hydrogens is 1260 g/mol. The van der Waals surface area contributed by atoms with Gasteiger partial charge >= 0.3 is 89.5 Å². The Hall–Kier alpha value is -11.5. The van der Waals surface area contributed by atoms with Gasteiger partial charge in [-0.15, -0.1) is 0 Å². The normalized spacial score (nSPS) is 10.1. The minimum atomic E-state index is -2.05. The number of aromatic nitrogens is 6. The van der Waals surface area contributed by atoms with Crippen LogP contribution < -0.4 is 0 Å². The standard InChI is InChI=1S/3C15H8N2O10.Eu/c3*18-11(19)4-2-1-3-16-8(4)9-6(13(22)23)5(12(20)21)7(14(24)25)10(17-9)15(26)27;/h3*1-3H,(H,18,19)(H,20,21)(H,22,23)(H,24,25)(H,26,27);. The summed E-state index contributed by atoms with van der Waals surface area (Å²) < 4.78 is 0. The van der Waals surface area contributed by atoms with Gasteiger partial charge in [0.15, 0.2) is 17.1 Å². The minimum absolute atomic E-state index is 0. The van der Waals surface area contributed by atoms with Crippen molar-refractivity contribution in [1.82, 2.24) is 29.9 Å². The summed E-state index contributed by atoms with van der Waals surface area (Å²) in [4.78, 5) is 193. The van der Waals surface area contributed by atoms with E-state index < -0.39 is 208 Å². The molecule has 0 saturated heterocycles. The second-order valence-corrected chi connectivity index (χ2v) is 14.6. The maximum atomic E-state index is 11.6. The molecule has 0 aliphatic carbocycles. The predicted molar refractivity (Wildman–Crippen MR) is 247 cm³/mol. The van der Waals surface area contributed by atoms with E-state index in [0.717, 1.165) is 36.8 Å². The van der Waals surface area contributed by atoms with E-state index >= 15 is 0 Å². The molecular formula is C45H24EuN6O30. The van der Waals surface area contributed by atoms with Crippen molar-refractivity contribution in [2.75, 3.05) is 0 Å². The molecule has 0 unspecified atom stereocenters. The number of rotatable bonds is 18. The third-order valence-corrected chi connectivity index (χ3v) is 9.91. The molecule has 0 spiro atoms. The van der Waals surface area contributed by atoms with E-state index in [2.05, 4.69) is 29.9 Å². The minimum Gasteiger partial charge on any atom is -0.478 e. The summed E-state index contributed by atoms with van der Waals surface area (Å²) in [6.45, 7) is 0. The van der Waals surface area contributed by atoms with Gasteiger partial charge in [0.2, 0.25) is 0 Å². The van der Waals surface area contributed by atoms with Gasteiger partial charge in [0.05, 0.1) is 33.4 Å². The summed E-state index contributed by atoms with van der Waals surface area (Å²) in [5, 5.41) is 139. The van der Waals surface area contributed by atoms with Crippen LogP contribution in [0.1, 0.15) is 156 Å². The second kappa shape index (κ2) is 26.3. The Bertz CT molecular complexity index is 3480. The van der Waals surface area contributed by atoms with E-state index in [9.17, 15) is 149 Å². The van der Waals surface area contributed by atoms with Gasteiger partial charge < -0.3 is 76.6 Å². The first-order valence-electron chi connectivity index (χ1n) is 20.3. The summed E-state index contributed by atoms with van der Waals surface area (Å²) in [5.41, 5.74) is -22.0. The molecule has 1 radical (unpaired) electrons. The summed E-state index contributed by atoms with van der Waals surface area (Å²) in [5.74, 6) is -28.8. The number of aromatic carboxylic acids is 15. The fraction of sp³-hybridized carbons (Fsp3) is 0. The number of hydrogen-bond donors (Lipinski definition) is 15. The van der Waals surface area contributed by atoms with Crippen molar-refractivity contribution >= 4 is 89.5 Å². The Kier molecular flexibility index (Phi) is 20.8. The number of carboxylic acid groups (broad SMARTS) is 15. The summed E-state index contributed by atoms with van der Waals surface area (Å²) in [6.07, 6.45) is 3.13. The average molecular weight is 1280 g/mol. The van der Waals surface area contributed by atoms with Gasteiger partial charge in [0.1, 0.15) is 67.5 Å². The van der Waals surface area contributed by atoms with E-state index in [1.54, 1.807) is 0 Å². The smallest absolute Gasteiger partial charge is 0.355 e. The fourth-order valence-electron chi connectivity index (χ4n) is 6.93. The van der Waals surface area contributed by atoms with Crippen molar-refractivity contribution < 1.29 is 198 Å². The zero-order chi connectivity index (χ0) is 61.4. The molecule has 0 saturated carbocycles. The second-order valence-electron chi connectivity index (χ2n) is 14.6. The van der Waals surface area contributed by atoms with Crippen LogP contribution in [0.2, 0.25) is 0 Å². The van der Waals surface area contributed by atoms with E-state index in [1.807, 2.05) is 0 Å². The first-order valence-corrected chi connectivity index (χ1v) is 20.3. The molecule has 0 bridgehead atoms. The zero-order valence-corrected chi connectivity index (χ0v) is 41.5. The molecule has 82 heavy (non-hydrogen) atoms. The van der Waals surface area contributed by atoms with Crippen molar-refractivity contribution in [2.45, 2.75) is 0 Å². The number of hydrogen-bond acceptors (Lipinski definition) is 21. The molecule has 0 amide bonds. The number of carbonyl (C=O) groups is 15. The Morgan fingerprint density at radius 3 is 0.561 bits per heavy atom. The van der Waals surface area contributed by atoms with Crippen molar-refractivity contribution in [2.24, 2.45) is 0 Å². The number of carboxylic acids is 15. The molecule has 36 nitrogen and oxygen atoms in total. The van der Waals surface area contributed by atoms with Gasteiger partial charge in [0.25, 0.3) is 0 Å². The molecule has 421 valence electrons. The monoisotopic (exact) mass is 1280 g/mol. The summed E-state index contributed by atoms with van der Waals surface area (Å²) in [6, 6.07) is 6.58. The molecule has 0 aliphatic rings. The maximum absolute atomic E-state index is 11.6. The Morgan fingerprint density at radius 1 is 0.232 bits per heavy atom. The van der Waals surface area contributed by atoms with Gasteiger partial charge in [-0.1, -0.05) is 0 Å². The molecule has 6 aromatic rings. The third-order valence-electron chi connectivity index (χ3n) is 9.91. The van der Waals surface area contributed by atoms with Crippen LogP contribution in [0.5, 0.6) is 0 Å². The van der Waals surface area contributed by atoms with Crippen LogP contribution in [0.3, 0.4) is 0 Å². The van der Waals surface area contributed by atoms with Crippen LogP contribution in [0.4, 0.5) is 0 Å². The van der Waals surface area contributed by atoms with Crippen LogP contribution in [0.25, 0.3) is 34.2 Å². The summed E-state index contributed by atoms with van der Waals surface area (Å²) >= 11 is 0. The molecule has 0 aliphatic heterocycles. The van der Waals surface area contributed by atoms with Gasteiger partial charge in [-0.05, 0) is 36.4 Å². The first kappa shape index (κ1) is 64.8. The van der Waals surface area contributed by atoms with E-state index in [4.69, 9.17) is 0 Å². The van der Waals surface area contributed by atoms with Crippen molar-refractivity contribution in [3.63, 3.8) is 0 Å². The van der Waals surface area contributed by atoms with E-state index in [-0.39, 0.29) is 49.4 Å². The molecule has 15 N–H and O–H groups in total. The van der Waals surface area contributed by atoms with Gasteiger partial charge in [-0.2, -0.15) is 0 Å². The van der Waals surface area contributed by atoms with Crippen LogP contribution in [-0.4, -0.2) is 196 Å². The molecule has 6 aromatic heterocycles. The van der Waals surface area contributed by atoms with Crippen molar-refractivity contribution in [3.8, 4) is 34.2 Å². The quantitative estimate of drug-likeness (QED) is 0.0584. The Morgan fingerprint density at radius 2 is 0.415 bits per heavy atom. The molecule has 37 heteroatoms. The van der Waals surface area contributed by atoms with Gasteiger partial charge in [0, 0.05) is 68.0 Å². The third kappa shape index (κ3) is 13.3. The van der Waals surface area contributed by atoms with Gasteiger partial charge in [-0.25, -0.2) is 86.9 Å². The molecule has 0 atom stereocenters. The molecule has 0 aromatic carbocycles. The predicted octanol–water partition coefficient (Wildman–Crippen LogP) is 1.90. The average Bonchev–Trinajstić information content (AvgIpc) is 3.57. The van der Waals surface area contributed by atoms with Crippen molar-refractivity contribution in [1.29, 1.82) is 0 Å². The zero-order valence-electron chi connectivity index (χ0n) is 39.1. The summed E-state index contributed by atoms with van der Waals surface area (Å²) in [7, 11) is 0. The topological polar surface area (TPSA) is 637 Å². The Labute approximate surface area is 487 Å². The van der Waals surface area contributed by atoms with Gasteiger partial charge in [-0.3, -0.25) is 15.0 Å². The first-order chi connectivity index (χ1) is 37.7. The SMILES string of the molecule is O=C(O)c1cccnc1-c1nc(C(=O)O)c(C(=O)O)c(C(=O)O)c1C(=O)O.O=C(O)c1cccnc1-c1nc(C(=O)O)c(C(=O)O)c(C(=O)O)c1C(=O)O.O=C(O)c1cccnc1-c1nc(C(=O)O)c(C(=O)O)c(C(=O)O)c1C(=O)O.[Eu]. The molecule has 6 rings (SSSR count). The fourth-order valence-corrected chi connectivity index (χ4v) is 6.93. The molecule has 6 heterocycles. The van der Waals surface area contributed by atoms with Crippen LogP contribution >= 0.6 is 0 Å². The largest absolute Gasteiger partial charge is 0.478 e. The molecule has 0 fully saturated rings. The van der Waals surface area contributed by atoms with E-state index in [0.29, 0.717) is 0 Å². The van der Waals surface area contributed by atoms with Crippen molar-refractivity contribution in [3.05, 3.63) is 139 Å². The van der Waals surface area contributed by atoms with Crippen LogP contribution in [0, 0.1) is 49.4 Å².